The Hall–Kier alpha value is -0.820. The van der Waals surface area contributed by atoms with E-state index < -0.39 is 0 Å². The number of piperidine rings is 1. The Kier molecular flexibility index (Phi) is 4.00. The molecule has 1 aromatic rings. The van der Waals surface area contributed by atoms with Crippen LogP contribution in [0, 0.1) is 5.92 Å². The van der Waals surface area contributed by atoms with Crippen molar-refractivity contribution in [2.24, 2.45) is 5.92 Å². The highest BCUT2D eigenvalue weighted by molar-refractivity contribution is 5.27. The molecule has 0 spiro atoms. The van der Waals surface area contributed by atoms with E-state index in [2.05, 4.69) is 43.4 Å². The normalized spacial score (nSPS) is 25.6. The smallest absolute Gasteiger partial charge is 0.00148 e. The minimum Gasteiger partial charge on any atom is -0.316 e. The summed E-state index contributed by atoms with van der Waals surface area (Å²) in [4.78, 5) is 0. The Bertz CT molecular complexity index is 332. The van der Waals surface area contributed by atoms with Crippen LogP contribution in [-0.2, 0) is 6.42 Å². The van der Waals surface area contributed by atoms with Gasteiger partial charge in [0, 0.05) is 0 Å². The van der Waals surface area contributed by atoms with E-state index in [1.807, 2.05) is 0 Å². The molecule has 1 heterocycles. The van der Waals surface area contributed by atoms with E-state index >= 15 is 0 Å². The molecule has 0 saturated carbocycles. The number of aryl methyl sites for hydroxylation is 1. The van der Waals surface area contributed by atoms with Crippen LogP contribution in [0.25, 0.3) is 0 Å². The van der Waals surface area contributed by atoms with Crippen LogP contribution in [0.1, 0.15) is 43.7 Å². The number of benzene rings is 1. The fourth-order valence-corrected chi connectivity index (χ4v) is 2.83. The molecule has 1 aliphatic rings. The largest absolute Gasteiger partial charge is 0.316 e. The van der Waals surface area contributed by atoms with E-state index in [-0.39, 0.29) is 0 Å². The first-order valence-electron chi connectivity index (χ1n) is 6.64. The van der Waals surface area contributed by atoms with Gasteiger partial charge in [-0.3, -0.25) is 0 Å². The van der Waals surface area contributed by atoms with Crippen molar-refractivity contribution in [1.29, 1.82) is 0 Å². The molecule has 1 fully saturated rings. The lowest BCUT2D eigenvalue weighted by Crippen LogP contribution is -2.35. The molecular weight excluding hydrogens is 194 g/mol. The highest BCUT2D eigenvalue weighted by atomic mass is 14.9. The fraction of sp³-hybridized carbons (Fsp3) is 0.600. The molecule has 2 unspecified atom stereocenters. The van der Waals surface area contributed by atoms with Gasteiger partial charge >= 0.3 is 0 Å². The summed E-state index contributed by atoms with van der Waals surface area (Å²) in [6, 6.07) is 9.20. The molecule has 1 saturated heterocycles. The van der Waals surface area contributed by atoms with E-state index in [0.29, 0.717) is 0 Å². The molecule has 0 radical (unpaired) electrons. The molecule has 0 bridgehead atoms. The highest BCUT2D eigenvalue weighted by Crippen LogP contribution is 2.32. The standard InChI is InChI=1S/C15H23N/c1-3-12-6-5-7-14(10-12)15-8-9-16-11-13(15)4-2/h5-7,10,13,15-16H,3-4,8-9,11H2,1-2H3. The maximum absolute atomic E-state index is 3.51. The van der Waals surface area contributed by atoms with Crippen molar-refractivity contribution in [2.75, 3.05) is 13.1 Å². The summed E-state index contributed by atoms with van der Waals surface area (Å²) in [5.41, 5.74) is 3.04. The molecule has 1 aromatic carbocycles. The molecule has 1 nitrogen and oxygen atoms in total. The van der Waals surface area contributed by atoms with Crippen molar-refractivity contribution in [3.05, 3.63) is 35.4 Å². The Morgan fingerprint density at radius 2 is 2.19 bits per heavy atom. The van der Waals surface area contributed by atoms with Crippen molar-refractivity contribution >= 4 is 0 Å². The van der Waals surface area contributed by atoms with E-state index in [1.54, 1.807) is 5.56 Å². The molecule has 1 aliphatic heterocycles. The fourth-order valence-electron chi connectivity index (χ4n) is 2.83. The van der Waals surface area contributed by atoms with Gasteiger partial charge in [-0.05, 0) is 48.9 Å². The van der Waals surface area contributed by atoms with Crippen LogP contribution in [0.15, 0.2) is 24.3 Å². The van der Waals surface area contributed by atoms with E-state index in [4.69, 9.17) is 0 Å². The first-order chi connectivity index (χ1) is 7.85. The van der Waals surface area contributed by atoms with Gasteiger partial charge in [-0.15, -0.1) is 0 Å². The van der Waals surface area contributed by atoms with Crippen LogP contribution in [0.2, 0.25) is 0 Å². The molecule has 0 aromatic heterocycles. The van der Waals surface area contributed by atoms with Crippen molar-refractivity contribution < 1.29 is 0 Å². The maximum atomic E-state index is 3.51. The Balaban J connectivity index is 2.20. The molecule has 1 heteroatoms. The zero-order chi connectivity index (χ0) is 11.4. The second kappa shape index (κ2) is 5.49. The number of hydrogen-bond donors (Lipinski definition) is 1. The lowest BCUT2D eigenvalue weighted by molar-refractivity contribution is 0.318. The Labute approximate surface area is 99.3 Å². The maximum Gasteiger partial charge on any atom is -0.00148 e. The lowest BCUT2D eigenvalue weighted by atomic mass is 9.79. The monoisotopic (exact) mass is 217 g/mol. The molecule has 0 aliphatic carbocycles. The third kappa shape index (κ3) is 2.46. The van der Waals surface area contributed by atoms with Gasteiger partial charge in [0.2, 0.25) is 0 Å². The zero-order valence-corrected chi connectivity index (χ0v) is 10.5. The van der Waals surface area contributed by atoms with Crippen LogP contribution in [0.5, 0.6) is 0 Å². The highest BCUT2D eigenvalue weighted by Gasteiger charge is 2.24. The van der Waals surface area contributed by atoms with Crippen LogP contribution in [0.3, 0.4) is 0 Å². The summed E-state index contributed by atoms with van der Waals surface area (Å²) in [7, 11) is 0. The van der Waals surface area contributed by atoms with E-state index in [1.165, 1.54) is 31.5 Å². The summed E-state index contributed by atoms with van der Waals surface area (Å²) >= 11 is 0. The minimum atomic E-state index is 0.776. The SMILES string of the molecule is CCc1cccc(C2CCNCC2CC)c1. The van der Waals surface area contributed by atoms with Crippen LogP contribution < -0.4 is 5.32 Å². The Morgan fingerprint density at radius 3 is 2.94 bits per heavy atom. The van der Waals surface area contributed by atoms with Gasteiger partial charge in [0.05, 0.1) is 0 Å². The quantitative estimate of drug-likeness (QED) is 0.818. The van der Waals surface area contributed by atoms with Crippen molar-refractivity contribution in [3.8, 4) is 0 Å². The van der Waals surface area contributed by atoms with Crippen LogP contribution in [-0.4, -0.2) is 13.1 Å². The first-order valence-corrected chi connectivity index (χ1v) is 6.64. The van der Waals surface area contributed by atoms with Gasteiger partial charge < -0.3 is 5.32 Å². The second-order valence-electron chi connectivity index (χ2n) is 4.87. The van der Waals surface area contributed by atoms with Gasteiger partial charge in [-0.1, -0.05) is 44.5 Å². The van der Waals surface area contributed by atoms with Gasteiger partial charge in [-0.25, -0.2) is 0 Å². The van der Waals surface area contributed by atoms with Crippen LogP contribution in [0.4, 0.5) is 0 Å². The van der Waals surface area contributed by atoms with E-state index in [9.17, 15) is 0 Å². The topological polar surface area (TPSA) is 12.0 Å². The molecule has 88 valence electrons. The first kappa shape index (κ1) is 11.7. The van der Waals surface area contributed by atoms with Gasteiger partial charge in [0.15, 0.2) is 0 Å². The third-order valence-electron chi connectivity index (χ3n) is 3.92. The summed E-state index contributed by atoms with van der Waals surface area (Å²) < 4.78 is 0. The second-order valence-corrected chi connectivity index (χ2v) is 4.87. The number of nitrogens with one attached hydrogen (secondary N) is 1. The van der Waals surface area contributed by atoms with Crippen LogP contribution >= 0.6 is 0 Å². The minimum absolute atomic E-state index is 0.776. The molecule has 0 amide bonds. The molecule has 16 heavy (non-hydrogen) atoms. The summed E-state index contributed by atoms with van der Waals surface area (Å²) in [5, 5.41) is 3.51. The molecular formula is C15H23N. The average molecular weight is 217 g/mol. The van der Waals surface area contributed by atoms with Gasteiger partial charge in [0.1, 0.15) is 0 Å². The number of rotatable bonds is 3. The summed E-state index contributed by atoms with van der Waals surface area (Å²) in [5.74, 6) is 1.60. The molecule has 2 rings (SSSR count). The Morgan fingerprint density at radius 1 is 1.31 bits per heavy atom. The number of hydrogen-bond acceptors (Lipinski definition) is 1. The lowest BCUT2D eigenvalue weighted by Gasteiger charge is -2.32. The zero-order valence-electron chi connectivity index (χ0n) is 10.5. The predicted molar refractivity (Wildman–Crippen MR) is 69.8 cm³/mol. The summed E-state index contributed by atoms with van der Waals surface area (Å²) in [6.45, 7) is 6.92. The van der Waals surface area contributed by atoms with Crippen molar-refractivity contribution in [3.63, 3.8) is 0 Å². The van der Waals surface area contributed by atoms with Crippen molar-refractivity contribution in [2.45, 2.75) is 39.0 Å². The molecule has 2 atom stereocenters. The molecule has 1 N–H and O–H groups in total. The van der Waals surface area contributed by atoms with Gasteiger partial charge in [-0.2, -0.15) is 0 Å². The predicted octanol–water partition coefficient (Wildman–Crippen LogP) is 3.35. The van der Waals surface area contributed by atoms with E-state index in [0.717, 1.165) is 18.3 Å². The summed E-state index contributed by atoms with van der Waals surface area (Å²) in [6.07, 6.45) is 3.73. The van der Waals surface area contributed by atoms with Gasteiger partial charge in [0.25, 0.3) is 0 Å². The third-order valence-corrected chi connectivity index (χ3v) is 3.92. The average Bonchev–Trinajstić information content (AvgIpc) is 2.38. The van der Waals surface area contributed by atoms with Crippen molar-refractivity contribution in [1.82, 2.24) is 5.32 Å².